The molecule has 0 aromatic heterocycles. The van der Waals surface area contributed by atoms with Crippen LogP contribution < -0.4 is 0 Å². The van der Waals surface area contributed by atoms with E-state index < -0.39 is 8.80 Å². The lowest BCUT2D eigenvalue weighted by atomic mass is 10.2. The molecule has 4 nitrogen and oxygen atoms in total. The van der Waals surface area contributed by atoms with Crippen molar-refractivity contribution in [3.63, 3.8) is 0 Å². The van der Waals surface area contributed by atoms with Gasteiger partial charge in [0.15, 0.2) is 5.05 Å². The lowest BCUT2D eigenvalue weighted by Gasteiger charge is -2.32. The molecule has 0 saturated heterocycles. The Morgan fingerprint density at radius 3 is 1.94 bits per heavy atom. The molecule has 96 valence electrons. The molecule has 6 heteroatoms. The molecule has 0 N–H and O–H groups in total. The monoisotopic (exact) mass is 266 g/mol. The number of ether oxygens (including phenoxy) is 1. The van der Waals surface area contributed by atoms with Crippen LogP contribution in [0.15, 0.2) is 0 Å². The van der Waals surface area contributed by atoms with E-state index in [9.17, 15) is 0 Å². The molecule has 0 amide bonds. The molecule has 0 aromatic rings. The van der Waals surface area contributed by atoms with E-state index in [2.05, 4.69) is 6.92 Å². The van der Waals surface area contributed by atoms with E-state index in [1.807, 2.05) is 6.92 Å². The highest BCUT2D eigenvalue weighted by Gasteiger charge is 2.49. The third kappa shape index (κ3) is 3.78. The van der Waals surface area contributed by atoms with E-state index in [-0.39, 0.29) is 5.54 Å². The van der Waals surface area contributed by atoms with Gasteiger partial charge in [0.05, 0.1) is 12.1 Å². The molecular weight excluding hydrogens is 244 g/mol. The van der Waals surface area contributed by atoms with Crippen LogP contribution in [0.3, 0.4) is 0 Å². The van der Waals surface area contributed by atoms with Gasteiger partial charge in [-0.25, -0.2) is 0 Å². The first-order valence-electron chi connectivity index (χ1n) is 5.43. The van der Waals surface area contributed by atoms with Crippen LogP contribution in [0.5, 0.6) is 0 Å². The number of rotatable bonds is 8. The van der Waals surface area contributed by atoms with Gasteiger partial charge in [0, 0.05) is 21.3 Å². The first-order chi connectivity index (χ1) is 7.61. The third-order valence-electron chi connectivity index (χ3n) is 2.43. The van der Waals surface area contributed by atoms with Crippen molar-refractivity contribution in [1.29, 1.82) is 0 Å². The summed E-state index contributed by atoms with van der Waals surface area (Å²) in [6.07, 6.45) is 1.82. The molecule has 0 aliphatic heterocycles. The van der Waals surface area contributed by atoms with Crippen LogP contribution in [0.4, 0.5) is 0 Å². The second-order valence-electron chi connectivity index (χ2n) is 3.31. The maximum absolute atomic E-state index is 5.45. The molecule has 1 atom stereocenters. The normalized spacial score (nSPS) is 13.6. The van der Waals surface area contributed by atoms with Crippen molar-refractivity contribution in [3.8, 4) is 0 Å². The Balaban J connectivity index is 4.90. The minimum Gasteiger partial charge on any atom is -0.487 e. The largest absolute Gasteiger partial charge is 0.512 e. The van der Waals surface area contributed by atoms with E-state index in [4.69, 9.17) is 30.2 Å². The molecule has 0 bridgehead atoms. The van der Waals surface area contributed by atoms with Gasteiger partial charge < -0.3 is 18.0 Å². The summed E-state index contributed by atoms with van der Waals surface area (Å²) >= 11 is 5.26. The second kappa shape index (κ2) is 8.13. The van der Waals surface area contributed by atoms with E-state index in [1.165, 1.54) is 0 Å². The van der Waals surface area contributed by atoms with Crippen LogP contribution in [-0.4, -0.2) is 41.8 Å². The second-order valence-corrected chi connectivity index (χ2v) is 6.84. The van der Waals surface area contributed by atoms with Gasteiger partial charge in [-0.2, -0.15) is 0 Å². The molecular formula is C10H22O4SSi. The lowest BCUT2D eigenvalue weighted by molar-refractivity contribution is 0.114. The average molecular weight is 266 g/mol. The first kappa shape index (κ1) is 16.0. The molecule has 0 radical (unpaired) electrons. The fourth-order valence-corrected chi connectivity index (χ4v) is 4.68. The Bertz CT molecular complexity index is 201. The number of thiocarbonyl (C=S) groups is 1. The van der Waals surface area contributed by atoms with Crippen molar-refractivity contribution >= 4 is 26.1 Å². The zero-order valence-electron chi connectivity index (χ0n) is 10.7. The molecule has 0 saturated carbocycles. The summed E-state index contributed by atoms with van der Waals surface area (Å²) < 4.78 is 21.7. The Morgan fingerprint density at radius 2 is 1.62 bits per heavy atom. The van der Waals surface area contributed by atoms with Crippen molar-refractivity contribution < 1.29 is 18.0 Å². The highest BCUT2D eigenvalue weighted by Crippen LogP contribution is 2.31. The van der Waals surface area contributed by atoms with Crippen molar-refractivity contribution in [2.24, 2.45) is 0 Å². The first-order valence-corrected chi connectivity index (χ1v) is 7.64. The number of hydrogen-bond donors (Lipinski definition) is 0. The Kier molecular flexibility index (Phi) is 8.13. The molecule has 0 rings (SSSR count). The van der Waals surface area contributed by atoms with E-state index in [1.54, 1.807) is 21.3 Å². The van der Waals surface area contributed by atoms with Crippen LogP contribution in [0.25, 0.3) is 0 Å². The molecule has 0 aromatic carbocycles. The van der Waals surface area contributed by atoms with Crippen LogP contribution >= 0.6 is 12.2 Å². The maximum Gasteiger partial charge on any atom is 0.512 e. The van der Waals surface area contributed by atoms with Gasteiger partial charge in [0.1, 0.15) is 0 Å². The number of hydrogen-bond acceptors (Lipinski definition) is 5. The van der Waals surface area contributed by atoms with E-state index in [0.29, 0.717) is 11.7 Å². The zero-order chi connectivity index (χ0) is 12.6. The third-order valence-corrected chi connectivity index (χ3v) is 6.15. The molecule has 0 heterocycles. The van der Waals surface area contributed by atoms with Crippen LogP contribution in [0.2, 0.25) is 5.54 Å². The fraction of sp³-hybridized carbons (Fsp3) is 0.900. The lowest BCUT2D eigenvalue weighted by Crippen LogP contribution is -2.50. The highest BCUT2D eigenvalue weighted by molar-refractivity contribution is 7.80. The summed E-state index contributed by atoms with van der Waals surface area (Å²) in [5.74, 6) is 0. The Hall–Kier alpha value is -0.0131. The summed E-state index contributed by atoms with van der Waals surface area (Å²) in [4.78, 5) is 0. The van der Waals surface area contributed by atoms with E-state index in [0.717, 1.165) is 12.8 Å². The zero-order valence-corrected chi connectivity index (χ0v) is 12.6. The van der Waals surface area contributed by atoms with Gasteiger partial charge in [-0.3, -0.25) is 0 Å². The molecule has 0 spiro atoms. The van der Waals surface area contributed by atoms with Gasteiger partial charge in [-0.1, -0.05) is 13.3 Å². The Labute approximate surface area is 105 Å². The molecule has 1 unspecified atom stereocenters. The quantitative estimate of drug-likeness (QED) is 0.498. The van der Waals surface area contributed by atoms with Gasteiger partial charge in [0.25, 0.3) is 0 Å². The predicted octanol–water partition coefficient (Wildman–Crippen LogP) is 2.40. The summed E-state index contributed by atoms with van der Waals surface area (Å²) in [7, 11) is 2.05. The molecule has 0 fully saturated rings. The van der Waals surface area contributed by atoms with Gasteiger partial charge in [-0.15, -0.1) is 0 Å². The molecule has 16 heavy (non-hydrogen) atoms. The highest BCUT2D eigenvalue weighted by atomic mass is 32.1. The van der Waals surface area contributed by atoms with Crippen molar-refractivity contribution in [3.05, 3.63) is 0 Å². The summed E-state index contributed by atoms with van der Waals surface area (Å²) in [5, 5.41) is 0.529. The predicted molar refractivity (Wildman–Crippen MR) is 69.7 cm³/mol. The summed E-state index contributed by atoms with van der Waals surface area (Å²) in [5.41, 5.74) is -0.0764. The fourth-order valence-electron chi connectivity index (χ4n) is 1.65. The Morgan fingerprint density at radius 1 is 1.12 bits per heavy atom. The molecule has 0 aliphatic rings. The SMILES string of the molecule is CCCC(C(=S)OCC)[Si](OC)(OC)OC. The van der Waals surface area contributed by atoms with Crippen LogP contribution in [-0.2, 0) is 18.0 Å². The average Bonchev–Trinajstić information content (AvgIpc) is 2.31. The van der Waals surface area contributed by atoms with Gasteiger partial charge in [0.2, 0.25) is 0 Å². The minimum absolute atomic E-state index is 0.0764. The summed E-state index contributed by atoms with van der Waals surface area (Å²) in [6.45, 7) is 4.55. The molecule has 0 aliphatic carbocycles. The van der Waals surface area contributed by atoms with E-state index >= 15 is 0 Å². The standard InChI is InChI=1S/C10H22O4SSi/c1-6-8-9(10(15)14-7-2)16(11-3,12-4)13-5/h9H,6-8H2,1-5H3. The van der Waals surface area contributed by atoms with Crippen molar-refractivity contribution in [2.45, 2.75) is 32.2 Å². The van der Waals surface area contributed by atoms with Crippen molar-refractivity contribution in [2.75, 3.05) is 27.9 Å². The van der Waals surface area contributed by atoms with Crippen LogP contribution in [0, 0.1) is 0 Å². The van der Waals surface area contributed by atoms with Crippen LogP contribution in [0.1, 0.15) is 26.7 Å². The maximum atomic E-state index is 5.45. The smallest absolute Gasteiger partial charge is 0.487 e. The van der Waals surface area contributed by atoms with Gasteiger partial charge >= 0.3 is 8.80 Å². The van der Waals surface area contributed by atoms with Gasteiger partial charge in [-0.05, 0) is 25.6 Å². The minimum atomic E-state index is -2.73. The topological polar surface area (TPSA) is 36.9 Å². The van der Waals surface area contributed by atoms with Crippen molar-refractivity contribution in [1.82, 2.24) is 0 Å². The summed E-state index contributed by atoms with van der Waals surface area (Å²) in [6, 6.07) is 0.